The summed E-state index contributed by atoms with van der Waals surface area (Å²) in [6.07, 6.45) is 2.09. The van der Waals surface area contributed by atoms with E-state index in [2.05, 4.69) is 53.2 Å². The zero-order valence-corrected chi connectivity index (χ0v) is 18.3. The lowest BCUT2D eigenvalue weighted by Gasteiger charge is -2.35. The Kier molecular flexibility index (Phi) is 5.89. The van der Waals surface area contributed by atoms with Crippen molar-refractivity contribution in [2.45, 2.75) is 45.3 Å². The molecule has 0 aliphatic carbocycles. The smallest absolute Gasteiger partial charge is 0.0595 e. The van der Waals surface area contributed by atoms with Gasteiger partial charge < -0.3 is 10.2 Å². The Morgan fingerprint density at radius 3 is 2.43 bits per heavy atom. The highest BCUT2D eigenvalue weighted by molar-refractivity contribution is 6.42. The number of benzene rings is 2. The molecule has 1 fully saturated rings. The number of hydrogen-bond acceptors (Lipinski definition) is 3. The number of anilines is 1. The van der Waals surface area contributed by atoms with Crippen LogP contribution in [0.5, 0.6) is 0 Å². The van der Waals surface area contributed by atoms with Gasteiger partial charge in [-0.3, -0.25) is 4.90 Å². The van der Waals surface area contributed by atoms with Gasteiger partial charge in [0, 0.05) is 50.5 Å². The van der Waals surface area contributed by atoms with Crippen LogP contribution in [0, 0.1) is 0 Å². The Bertz CT molecular complexity index is 844. The lowest BCUT2D eigenvalue weighted by Crippen LogP contribution is -2.43. The predicted octanol–water partition coefficient (Wildman–Crippen LogP) is 5.13. The fourth-order valence-corrected chi connectivity index (χ4v) is 4.55. The topological polar surface area (TPSA) is 18.5 Å². The van der Waals surface area contributed by atoms with Gasteiger partial charge >= 0.3 is 0 Å². The van der Waals surface area contributed by atoms with Crippen molar-refractivity contribution in [3.63, 3.8) is 0 Å². The van der Waals surface area contributed by atoms with Crippen molar-refractivity contribution in [1.29, 1.82) is 0 Å². The van der Waals surface area contributed by atoms with E-state index in [4.69, 9.17) is 23.2 Å². The minimum Gasteiger partial charge on any atom is -0.369 e. The molecule has 0 amide bonds. The maximum Gasteiger partial charge on any atom is 0.0595 e. The Labute approximate surface area is 178 Å². The fourth-order valence-electron chi connectivity index (χ4n) is 4.23. The number of nitrogens with zero attached hydrogens (tertiary/aromatic N) is 2. The van der Waals surface area contributed by atoms with E-state index in [9.17, 15) is 0 Å². The molecule has 28 heavy (non-hydrogen) atoms. The molecular weight excluding hydrogens is 389 g/mol. The summed E-state index contributed by atoms with van der Waals surface area (Å²) in [5.74, 6) is 0. The van der Waals surface area contributed by atoms with Gasteiger partial charge in [-0.25, -0.2) is 0 Å². The van der Waals surface area contributed by atoms with E-state index in [0.29, 0.717) is 10.0 Å². The second kappa shape index (κ2) is 8.23. The molecule has 0 aromatic heterocycles. The molecule has 0 spiro atoms. The third-order valence-corrected chi connectivity index (χ3v) is 7.00. The number of piperazine rings is 1. The molecule has 2 aromatic rings. The van der Waals surface area contributed by atoms with E-state index < -0.39 is 0 Å². The van der Waals surface area contributed by atoms with Gasteiger partial charge in [-0.05, 0) is 67.6 Å². The summed E-state index contributed by atoms with van der Waals surface area (Å²) in [6, 6.07) is 13.0. The van der Waals surface area contributed by atoms with Gasteiger partial charge in [0.25, 0.3) is 0 Å². The summed E-state index contributed by atoms with van der Waals surface area (Å²) in [7, 11) is 0. The van der Waals surface area contributed by atoms with Crippen LogP contribution < -0.4 is 10.2 Å². The van der Waals surface area contributed by atoms with Gasteiger partial charge in [-0.1, -0.05) is 35.3 Å². The number of aryl methyl sites for hydroxylation is 1. The van der Waals surface area contributed by atoms with Crippen molar-refractivity contribution in [2.24, 2.45) is 0 Å². The molecule has 0 bridgehead atoms. The Hall–Kier alpha value is -1.26. The fraction of sp³-hybridized carbons (Fsp3) is 0.478. The first-order chi connectivity index (χ1) is 13.4. The molecule has 0 saturated carbocycles. The molecule has 3 nitrogen and oxygen atoms in total. The molecular formula is C23H29Cl2N3. The standard InChI is InChI=1S/C23H29Cl2N3/c1-23(2,8-7-17-3-6-21(24)22(25)13-17)28-15-18-4-5-20(14-19(18)16-28)27-11-9-26-10-12-27/h3-6,13-14,26H,7-12,15-16H2,1-2H3. The Morgan fingerprint density at radius 1 is 0.929 bits per heavy atom. The molecule has 0 unspecified atom stereocenters. The van der Waals surface area contributed by atoms with Crippen LogP contribution in [-0.2, 0) is 19.5 Å². The maximum atomic E-state index is 6.18. The number of hydrogen-bond donors (Lipinski definition) is 1. The van der Waals surface area contributed by atoms with Crippen molar-refractivity contribution < 1.29 is 0 Å². The molecule has 2 heterocycles. The lowest BCUT2D eigenvalue weighted by atomic mass is 9.93. The highest BCUT2D eigenvalue weighted by atomic mass is 35.5. The normalized spacial score (nSPS) is 17.8. The van der Waals surface area contributed by atoms with Gasteiger partial charge in [-0.15, -0.1) is 0 Å². The average molecular weight is 418 g/mol. The summed E-state index contributed by atoms with van der Waals surface area (Å²) in [4.78, 5) is 5.10. The van der Waals surface area contributed by atoms with E-state index in [1.807, 2.05) is 12.1 Å². The Morgan fingerprint density at radius 2 is 1.68 bits per heavy atom. The van der Waals surface area contributed by atoms with E-state index in [1.165, 1.54) is 22.4 Å². The van der Waals surface area contributed by atoms with Gasteiger partial charge in [0.2, 0.25) is 0 Å². The van der Waals surface area contributed by atoms with E-state index in [1.54, 1.807) is 0 Å². The van der Waals surface area contributed by atoms with E-state index in [-0.39, 0.29) is 5.54 Å². The molecule has 0 atom stereocenters. The summed E-state index contributed by atoms with van der Waals surface area (Å²) >= 11 is 12.2. The summed E-state index contributed by atoms with van der Waals surface area (Å²) in [5.41, 5.74) is 5.70. The van der Waals surface area contributed by atoms with Crippen LogP contribution in [0.15, 0.2) is 36.4 Å². The minimum atomic E-state index is 0.125. The highest BCUT2D eigenvalue weighted by Gasteiger charge is 2.32. The molecule has 2 aromatic carbocycles. The number of nitrogens with one attached hydrogen (secondary N) is 1. The van der Waals surface area contributed by atoms with Crippen molar-refractivity contribution in [2.75, 3.05) is 31.1 Å². The zero-order chi connectivity index (χ0) is 19.7. The highest BCUT2D eigenvalue weighted by Crippen LogP contribution is 2.34. The second-order valence-electron chi connectivity index (χ2n) is 8.61. The monoisotopic (exact) mass is 417 g/mol. The third kappa shape index (κ3) is 4.33. The Balaban J connectivity index is 1.41. The summed E-state index contributed by atoms with van der Waals surface area (Å²) in [6.45, 7) is 11.1. The first-order valence-electron chi connectivity index (χ1n) is 10.2. The van der Waals surface area contributed by atoms with Crippen molar-refractivity contribution >= 4 is 28.9 Å². The van der Waals surface area contributed by atoms with Crippen LogP contribution in [-0.4, -0.2) is 36.6 Å². The first-order valence-corrected chi connectivity index (χ1v) is 10.9. The van der Waals surface area contributed by atoms with Crippen LogP contribution in [0.4, 0.5) is 5.69 Å². The van der Waals surface area contributed by atoms with Crippen molar-refractivity contribution in [1.82, 2.24) is 10.2 Å². The summed E-state index contributed by atoms with van der Waals surface area (Å²) in [5, 5.41) is 4.70. The first kappa shape index (κ1) is 20.0. The van der Waals surface area contributed by atoms with Gasteiger partial charge in [0.1, 0.15) is 0 Å². The van der Waals surface area contributed by atoms with Gasteiger partial charge in [-0.2, -0.15) is 0 Å². The molecule has 1 saturated heterocycles. The van der Waals surface area contributed by atoms with Crippen molar-refractivity contribution in [3.05, 3.63) is 63.1 Å². The SMILES string of the molecule is CC(C)(CCc1ccc(Cl)c(Cl)c1)N1Cc2ccc(N3CCNCC3)cc2C1. The van der Waals surface area contributed by atoms with Crippen LogP contribution in [0.1, 0.15) is 37.0 Å². The van der Waals surface area contributed by atoms with Crippen LogP contribution >= 0.6 is 23.2 Å². The van der Waals surface area contributed by atoms with Crippen LogP contribution in [0.3, 0.4) is 0 Å². The third-order valence-electron chi connectivity index (χ3n) is 6.26. The maximum absolute atomic E-state index is 6.18. The molecule has 2 aliphatic heterocycles. The lowest BCUT2D eigenvalue weighted by molar-refractivity contribution is 0.109. The van der Waals surface area contributed by atoms with E-state index >= 15 is 0 Å². The molecule has 4 rings (SSSR count). The number of halogens is 2. The van der Waals surface area contributed by atoms with E-state index in [0.717, 1.165) is 52.1 Å². The van der Waals surface area contributed by atoms with Gasteiger partial charge in [0.05, 0.1) is 10.0 Å². The zero-order valence-electron chi connectivity index (χ0n) is 16.8. The number of rotatable bonds is 5. The molecule has 5 heteroatoms. The quantitative estimate of drug-likeness (QED) is 0.726. The van der Waals surface area contributed by atoms with Crippen molar-refractivity contribution in [3.8, 4) is 0 Å². The largest absolute Gasteiger partial charge is 0.369 e. The van der Waals surface area contributed by atoms with Gasteiger partial charge in [0.15, 0.2) is 0 Å². The predicted molar refractivity (Wildman–Crippen MR) is 120 cm³/mol. The summed E-state index contributed by atoms with van der Waals surface area (Å²) < 4.78 is 0. The molecule has 150 valence electrons. The molecule has 2 aliphatic rings. The second-order valence-corrected chi connectivity index (χ2v) is 9.42. The molecule has 0 radical (unpaired) electrons. The molecule has 1 N–H and O–H groups in total. The minimum absolute atomic E-state index is 0.125. The van der Waals surface area contributed by atoms with Crippen LogP contribution in [0.25, 0.3) is 0 Å². The number of fused-ring (bicyclic) bond motifs is 1. The average Bonchev–Trinajstić information content (AvgIpc) is 3.14. The van der Waals surface area contributed by atoms with Crippen LogP contribution in [0.2, 0.25) is 10.0 Å².